The average Bonchev–Trinajstić information content (AvgIpc) is 2.38. The summed E-state index contributed by atoms with van der Waals surface area (Å²) in [6, 6.07) is 0. The highest BCUT2D eigenvalue weighted by molar-refractivity contribution is 5.71. The van der Waals surface area contributed by atoms with Crippen molar-refractivity contribution in [1.29, 1.82) is 0 Å². The van der Waals surface area contributed by atoms with Crippen molar-refractivity contribution in [2.24, 2.45) is 11.8 Å². The Morgan fingerprint density at radius 3 is 2.43 bits per heavy atom. The smallest absolute Gasteiger partial charge is 0.310 e. The highest BCUT2D eigenvalue weighted by Crippen LogP contribution is 2.18. The topological polar surface area (TPSA) is 26.3 Å². The van der Waals surface area contributed by atoms with E-state index in [1.54, 1.807) is 6.08 Å². The SMILES string of the molecule is CCOC(=O)CC=C=C(C)CCCC(C)CCCC(C)C. The van der Waals surface area contributed by atoms with Gasteiger partial charge in [-0.05, 0) is 50.2 Å². The molecule has 0 N–H and O–H groups in total. The van der Waals surface area contributed by atoms with Gasteiger partial charge in [0, 0.05) is 0 Å². The highest BCUT2D eigenvalue weighted by Gasteiger charge is 2.03. The van der Waals surface area contributed by atoms with Crippen molar-refractivity contribution in [2.75, 3.05) is 6.61 Å². The number of esters is 1. The van der Waals surface area contributed by atoms with Crippen molar-refractivity contribution in [3.63, 3.8) is 0 Å². The molecular formula is C19H34O2. The van der Waals surface area contributed by atoms with Crippen LogP contribution in [-0.2, 0) is 9.53 Å². The molecule has 0 radical (unpaired) electrons. The molecule has 0 aromatic carbocycles. The zero-order valence-electron chi connectivity index (χ0n) is 14.7. The Balaban J connectivity index is 3.79. The van der Waals surface area contributed by atoms with Crippen LogP contribution in [0.4, 0.5) is 0 Å². The fourth-order valence-electron chi connectivity index (χ4n) is 2.34. The summed E-state index contributed by atoms with van der Waals surface area (Å²) < 4.78 is 4.87. The summed E-state index contributed by atoms with van der Waals surface area (Å²) in [7, 11) is 0. The predicted octanol–water partition coefficient (Wildman–Crippen LogP) is 5.67. The molecule has 1 atom stereocenters. The largest absolute Gasteiger partial charge is 0.466 e. The summed E-state index contributed by atoms with van der Waals surface area (Å²) in [5.41, 5.74) is 4.42. The fourth-order valence-corrected chi connectivity index (χ4v) is 2.34. The van der Waals surface area contributed by atoms with E-state index in [-0.39, 0.29) is 5.97 Å². The number of rotatable bonds is 11. The fraction of sp³-hybridized carbons (Fsp3) is 0.789. The molecule has 0 aliphatic carbocycles. The molecule has 0 aliphatic rings. The third-order valence-corrected chi connectivity index (χ3v) is 3.65. The molecule has 0 aromatic rings. The molecule has 0 saturated heterocycles. The lowest BCUT2D eigenvalue weighted by Gasteiger charge is -2.11. The van der Waals surface area contributed by atoms with E-state index in [2.05, 4.69) is 33.4 Å². The van der Waals surface area contributed by atoms with Gasteiger partial charge < -0.3 is 4.74 Å². The Bertz CT molecular complexity index is 335. The quantitative estimate of drug-likeness (QED) is 0.362. The lowest BCUT2D eigenvalue weighted by Crippen LogP contribution is -2.01. The Labute approximate surface area is 131 Å². The van der Waals surface area contributed by atoms with Crippen LogP contribution < -0.4 is 0 Å². The second-order valence-corrected chi connectivity index (χ2v) is 6.46. The van der Waals surface area contributed by atoms with E-state index in [4.69, 9.17) is 4.74 Å². The molecule has 0 saturated carbocycles. The Kier molecular flexibility index (Phi) is 12.1. The van der Waals surface area contributed by atoms with E-state index < -0.39 is 0 Å². The molecule has 0 aliphatic heterocycles. The second kappa shape index (κ2) is 12.7. The maximum atomic E-state index is 11.2. The van der Waals surface area contributed by atoms with E-state index in [9.17, 15) is 4.79 Å². The van der Waals surface area contributed by atoms with Crippen molar-refractivity contribution >= 4 is 5.97 Å². The van der Waals surface area contributed by atoms with Crippen molar-refractivity contribution < 1.29 is 9.53 Å². The lowest BCUT2D eigenvalue weighted by atomic mass is 9.95. The molecule has 0 spiro atoms. The monoisotopic (exact) mass is 294 g/mol. The minimum absolute atomic E-state index is 0.170. The standard InChI is InChI=1S/C19H34O2/c1-6-21-19(20)15-9-14-18(5)13-8-12-17(4)11-7-10-16(2)3/h9,16-17H,6-8,10-13,15H2,1-5H3. The summed E-state index contributed by atoms with van der Waals surface area (Å²) in [6.45, 7) is 11.3. The van der Waals surface area contributed by atoms with Crippen molar-refractivity contribution in [3.8, 4) is 0 Å². The van der Waals surface area contributed by atoms with E-state index in [1.165, 1.54) is 37.7 Å². The third kappa shape index (κ3) is 13.7. The van der Waals surface area contributed by atoms with Gasteiger partial charge in [-0.3, -0.25) is 4.79 Å². The van der Waals surface area contributed by atoms with Gasteiger partial charge in [-0.2, -0.15) is 0 Å². The van der Waals surface area contributed by atoms with Crippen LogP contribution in [-0.4, -0.2) is 12.6 Å². The number of hydrogen-bond acceptors (Lipinski definition) is 2. The van der Waals surface area contributed by atoms with Crippen LogP contribution in [0.15, 0.2) is 17.4 Å². The molecule has 21 heavy (non-hydrogen) atoms. The molecule has 0 amide bonds. The minimum atomic E-state index is -0.170. The average molecular weight is 294 g/mol. The van der Waals surface area contributed by atoms with Gasteiger partial charge in [-0.1, -0.05) is 46.5 Å². The van der Waals surface area contributed by atoms with Crippen LogP contribution in [0.1, 0.15) is 79.6 Å². The van der Waals surface area contributed by atoms with Crippen LogP contribution >= 0.6 is 0 Å². The van der Waals surface area contributed by atoms with E-state index in [1.807, 2.05) is 6.92 Å². The maximum Gasteiger partial charge on any atom is 0.310 e. The molecule has 0 fully saturated rings. The van der Waals surface area contributed by atoms with E-state index >= 15 is 0 Å². The summed E-state index contributed by atoms with van der Waals surface area (Å²) in [4.78, 5) is 11.2. The normalized spacial score (nSPS) is 11.9. The molecule has 0 aromatic heterocycles. The van der Waals surface area contributed by atoms with Crippen LogP contribution in [0.25, 0.3) is 0 Å². The van der Waals surface area contributed by atoms with Gasteiger partial charge in [-0.25, -0.2) is 0 Å². The minimum Gasteiger partial charge on any atom is -0.466 e. The van der Waals surface area contributed by atoms with Gasteiger partial charge in [0.1, 0.15) is 0 Å². The van der Waals surface area contributed by atoms with Crippen molar-refractivity contribution in [1.82, 2.24) is 0 Å². The van der Waals surface area contributed by atoms with Crippen LogP contribution in [0, 0.1) is 11.8 Å². The van der Waals surface area contributed by atoms with Gasteiger partial charge in [0.15, 0.2) is 0 Å². The summed E-state index contributed by atoms with van der Waals surface area (Å²) in [6.07, 6.45) is 9.75. The van der Waals surface area contributed by atoms with Gasteiger partial charge in [-0.15, -0.1) is 5.73 Å². The molecule has 122 valence electrons. The Morgan fingerprint density at radius 1 is 1.14 bits per heavy atom. The van der Waals surface area contributed by atoms with E-state index in [0.717, 1.165) is 18.3 Å². The Morgan fingerprint density at radius 2 is 1.81 bits per heavy atom. The van der Waals surface area contributed by atoms with Crippen LogP contribution in [0.3, 0.4) is 0 Å². The van der Waals surface area contributed by atoms with E-state index in [0.29, 0.717) is 13.0 Å². The van der Waals surface area contributed by atoms with Gasteiger partial charge in [0.25, 0.3) is 0 Å². The Hall–Kier alpha value is -1.01. The van der Waals surface area contributed by atoms with Crippen molar-refractivity contribution in [3.05, 3.63) is 17.4 Å². The van der Waals surface area contributed by atoms with Crippen molar-refractivity contribution in [2.45, 2.75) is 79.6 Å². The molecule has 0 bridgehead atoms. The van der Waals surface area contributed by atoms with Crippen LogP contribution in [0.2, 0.25) is 0 Å². The lowest BCUT2D eigenvalue weighted by molar-refractivity contribution is -0.142. The first-order chi connectivity index (χ1) is 9.95. The molecule has 1 unspecified atom stereocenters. The molecule has 0 rings (SSSR count). The highest BCUT2D eigenvalue weighted by atomic mass is 16.5. The van der Waals surface area contributed by atoms with Gasteiger partial charge in [0.05, 0.1) is 13.0 Å². The second-order valence-electron chi connectivity index (χ2n) is 6.46. The third-order valence-electron chi connectivity index (χ3n) is 3.65. The van der Waals surface area contributed by atoms with Gasteiger partial charge in [0.2, 0.25) is 0 Å². The number of carbonyl (C=O) groups excluding carboxylic acids is 1. The zero-order chi connectivity index (χ0) is 16.1. The molecular weight excluding hydrogens is 260 g/mol. The van der Waals surface area contributed by atoms with Gasteiger partial charge >= 0.3 is 5.97 Å². The number of ether oxygens (including phenoxy) is 1. The summed E-state index contributed by atoms with van der Waals surface area (Å²) >= 11 is 0. The molecule has 2 heteroatoms. The molecule has 0 heterocycles. The summed E-state index contributed by atoms with van der Waals surface area (Å²) in [5, 5.41) is 0. The van der Waals surface area contributed by atoms with Crippen LogP contribution in [0.5, 0.6) is 0 Å². The first-order valence-corrected chi connectivity index (χ1v) is 8.51. The number of hydrogen-bond donors (Lipinski definition) is 0. The first kappa shape index (κ1) is 20.0. The molecule has 2 nitrogen and oxygen atoms in total. The summed E-state index contributed by atoms with van der Waals surface area (Å²) in [5.74, 6) is 1.48. The number of carbonyl (C=O) groups is 1. The maximum absolute atomic E-state index is 11.2. The predicted molar refractivity (Wildman–Crippen MR) is 90.2 cm³/mol. The first-order valence-electron chi connectivity index (χ1n) is 8.51. The zero-order valence-corrected chi connectivity index (χ0v) is 14.7.